The highest BCUT2D eigenvalue weighted by atomic mass is 32.2. The summed E-state index contributed by atoms with van der Waals surface area (Å²) in [5, 5.41) is 2.89. The number of benzene rings is 1. The van der Waals surface area contributed by atoms with Crippen LogP contribution in [-0.4, -0.2) is 18.7 Å². The van der Waals surface area contributed by atoms with Crippen LogP contribution in [0.5, 0.6) is 0 Å². The maximum absolute atomic E-state index is 14.1. The van der Waals surface area contributed by atoms with Gasteiger partial charge in [0.05, 0.1) is 10.7 Å². The number of thiazole rings is 1. The van der Waals surface area contributed by atoms with E-state index in [9.17, 15) is 13.2 Å². The minimum Gasteiger partial charge on any atom is -0.772 e. The number of hydrogen-bond acceptors (Lipinski definition) is 5. The van der Waals surface area contributed by atoms with Crippen LogP contribution in [0.3, 0.4) is 0 Å². The molecule has 0 fully saturated rings. The molecule has 0 amide bonds. The maximum atomic E-state index is 14.1. The number of aryl methyl sites for hydroxylation is 1. The Bertz CT molecular complexity index is 880. The molecule has 0 aliphatic rings. The fourth-order valence-corrected chi connectivity index (χ4v) is 3.39. The van der Waals surface area contributed by atoms with E-state index in [0.29, 0.717) is 5.56 Å². The summed E-state index contributed by atoms with van der Waals surface area (Å²) in [6, 6.07) is 6.36. The van der Waals surface area contributed by atoms with Crippen molar-refractivity contribution in [2.45, 2.75) is 12.7 Å². The topological polar surface area (TPSA) is 65.9 Å². The molecule has 0 spiro atoms. The van der Waals surface area contributed by atoms with Crippen molar-refractivity contribution < 1.29 is 13.2 Å². The molecule has 3 rings (SSSR count). The summed E-state index contributed by atoms with van der Waals surface area (Å²) in [6.07, 6.45) is 3.32. The van der Waals surface area contributed by atoms with Gasteiger partial charge in [0.1, 0.15) is 5.82 Å². The minimum atomic E-state index is -2.32. The monoisotopic (exact) mass is 347 g/mol. The van der Waals surface area contributed by atoms with E-state index in [1.807, 2.05) is 18.4 Å². The molecule has 1 atom stereocenters. The second kappa shape index (κ2) is 6.66. The van der Waals surface area contributed by atoms with E-state index in [1.54, 1.807) is 29.8 Å². The Morgan fingerprint density at radius 3 is 2.78 bits per heavy atom. The van der Waals surface area contributed by atoms with Crippen LogP contribution in [0.25, 0.3) is 22.4 Å². The van der Waals surface area contributed by atoms with Gasteiger partial charge in [0, 0.05) is 34.7 Å². The summed E-state index contributed by atoms with van der Waals surface area (Å²) in [5.74, 6) is -0.881. The lowest BCUT2D eigenvalue weighted by molar-refractivity contribution is 0.533. The molecule has 23 heavy (non-hydrogen) atoms. The second-order valence-electron chi connectivity index (χ2n) is 4.93. The van der Waals surface area contributed by atoms with Crippen molar-refractivity contribution in [3.8, 4) is 22.4 Å². The number of rotatable bonds is 4. The van der Waals surface area contributed by atoms with E-state index in [-0.39, 0.29) is 11.3 Å². The molecule has 0 aliphatic heterocycles. The molecule has 7 heteroatoms. The normalized spacial score (nSPS) is 12.3. The highest BCUT2D eigenvalue weighted by Gasteiger charge is 2.12. The van der Waals surface area contributed by atoms with Crippen LogP contribution in [0.1, 0.15) is 10.6 Å². The fourth-order valence-electron chi connectivity index (χ4n) is 2.29. The molecule has 2 aromatic heterocycles. The number of hydrogen-bond donors (Lipinski definition) is 0. The number of nitrogens with zero attached hydrogens (tertiary/aromatic N) is 2. The summed E-state index contributed by atoms with van der Waals surface area (Å²) in [7, 11) is 0. The van der Waals surface area contributed by atoms with Gasteiger partial charge < -0.3 is 4.55 Å². The van der Waals surface area contributed by atoms with Gasteiger partial charge in [0.25, 0.3) is 0 Å². The molecule has 118 valence electrons. The van der Waals surface area contributed by atoms with E-state index in [4.69, 9.17) is 0 Å². The Labute approximate surface area is 139 Å². The van der Waals surface area contributed by atoms with E-state index in [1.165, 1.54) is 12.1 Å². The minimum absolute atomic E-state index is 0.150. The molecule has 0 saturated heterocycles. The molecule has 1 aromatic carbocycles. The van der Waals surface area contributed by atoms with Crippen molar-refractivity contribution in [3.63, 3.8) is 0 Å². The van der Waals surface area contributed by atoms with E-state index < -0.39 is 16.9 Å². The first kappa shape index (κ1) is 15.9. The van der Waals surface area contributed by atoms with Gasteiger partial charge in [-0.2, -0.15) is 0 Å². The van der Waals surface area contributed by atoms with E-state index >= 15 is 0 Å². The lowest BCUT2D eigenvalue weighted by Crippen LogP contribution is -1.97. The van der Waals surface area contributed by atoms with Gasteiger partial charge in [-0.25, -0.2) is 9.37 Å². The first-order valence-electron chi connectivity index (χ1n) is 6.76. The molecule has 0 N–H and O–H groups in total. The van der Waals surface area contributed by atoms with Gasteiger partial charge >= 0.3 is 0 Å². The van der Waals surface area contributed by atoms with E-state index in [0.717, 1.165) is 21.8 Å². The molecule has 2 heterocycles. The highest BCUT2D eigenvalue weighted by Crippen LogP contribution is 2.32. The van der Waals surface area contributed by atoms with Crippen molar-refractivity contribution in [1.82, 2.24) is 9.97 Å². The Kier molecular flexibility index (Phi) is 4.61. The van der Waals surface area contributed by atoms with Gasteiger partial charge in [-0.15, -0.1) is 11.3 Å². The van der Waals surface area contributed by atoms with Gasteiger partial charge in [-0.3, -0.25) is 9.19 Å². The molecule has 4 nitrogen and oxygen atoms in total. The first-order valence-corrected chi connectivity index (χ1v) is 8.88. The quantitative estimate of drug-likeness (QED) is 0.675. The smallest absolute Gasteiger partial charge is 0.127 e. The number of halogens is 1. The summed E-state index contributed by atoms with van der Waals surface area (Å²) in [5.41, 5.74) is 3.22. The predicted molar refractivity (Wildman–Crippen MR) is 88.1 cm³/mol. The van der Waals surface area contributed by atoms with Gasteiger partial charge in [-0.05, 0) is 30.2 Å². The molecule has 3 aromatic rings. The lowest BCUT2D eigenvalue weighted by atomic mass is 9.99. The first-order chi connectivity index (χ1) is 11.0. The zero-order valence-corrected chi connectivity index (χ0v) is 13.8. The van der Waals surface area contributed by atoms with Crippen LogP contribution >= 0.6 is 11.3 Å². The summed E-state index contributed by atoms with van der Waals surface area (Å²) >= 11 is -0.779. The Morgan fingerprint density at radius 2 is 2.13 bits per heavy atom. The zero-order chi connectivity index (χ0) is 16.4. The number of aromatic nitrogens is 2. The average molecular weight is 347 g/mol. The maximum Gasteiger partial charge on any atom is 0.127 e. The Hall–Kier alpha value is -1.96. The van der Waals surface area contributed by atoms with Crippen molar-refractivity contribution in [1.29, 1.82) is 0 Å². The molecular formula is C16H12FN2O2S2-. The van der Waals surface area contributed by atoms with Crippen LogP contribution < -0.4 is 0 Å². The summed E-state index contributed by atoms with van der Waals surface area (Å²) in [4.78, 5) is 8.57. The van der Waals surface area contributed by atoms with Gasteiger partial charge in [0.15, 0.2) is 0 Å². The Balaban J connectivity index is 2.06. The van der Waals surface area contributed by atoms with Crippen LogP contribution in [0.2, 0.25) is 0 Å². The fraction of sp³-hybridized carbons (Fsp3) is 0.125. The predicted octanol–water partition coefficient (Wildman–Crippen LogP) is 3.70. The standard InChI is InChI=1S/C16H13FN2O2S2/c1-10-19-16(8-22-10)13-4-5-18-7-14(13)11-2-3-12(9-23(20)21)15(17)6-11/h2-8H,9H2,1H3,(H,20,21)/p-1. The third-order valence-electron chi connectivity index (χ3n) is 3.35. The van der Waals surface area contributed by atoms with Crippen molar-refractivity contribution in [2.24, 2.45) is 0 Å². The Morgan fingerprint density at radius 1 is 1.30 bits per heavy atom. The molecular weight excluding hydrogens is 335 g/mol. The molecule has 0 saturated carbocycles. The van der Waals surface area contributed by atoms with Crippen molar-refractivity contribution >= 4 is 22.4 Å². The van der Waals surface area contributed by atoms with Crippen LogP contribution in [0, 0.1) is 12.7 Å². The average Bonchev–Trinajstić information content (AvgIpc) is 2.95. The SMILES string of the molecule is Cc1nc(-c2ccncc2-c2ccc(CS(=O)[O-])c(F)c2)cs1. The molecule has 0 aliphatic carbocycles. The van der Waals surface area contributed by atoms with Crippen molar-refractivity contribution in [2.75, 3.05) is 0 Å². The van der Waals surface area contributed by atoms with Crippen molar-refractivity contribution in [3.05, 3.63) is 58.4 Å². The summed E-state index contributed by atoms with van der Waals surface area (Å²) < 4.78 is 35.6. The lowest BCUT2D eigenvalue weighted by Gasteiger charge is -2.10. The van der Waals surface area contributed by atoms with Crippen LogP contribution in [-0.2, 0) is 16.8 Å². The van der Waals surface area contributed by atoms with E-state index in [2.05, 4.69) is 9.97 Å². The molecule has 0 radical (unpaired) electrons. The highest BCUT2D eigenvalue weighted by molar-refractivity contribution is 7.78. The molecule has 0 bridgehead atoms. The third-order valence-corrected chi connectivity index (χ3v) is 4.67. The van der Waals surface area contributed by atoms with Crippen LogP contribution in [0.15, 0.2) is 42.0 Å². The second-order valence-corrected chi connectivity index (χ2v) is 6.89. The summed E-state index contributed by atoms with van der Waals surface area (Å²) in [6.45, 7) is 1.92. The molecule has 1 unspecified atom stereocenters. The van der Waals surface area contributed by atoms with Gasteiger partial charge in [0.2, 0.25) is 0 Å². The third kappa shape index (κ3) is 3.52. The van der Waals surface area contributed by atoms with Gasteiger partial charge in [-0.1, -0.05) is 23.2 Å². The number of pyridine rings is 1. The largest absolute Gasteiger partial charge is 0.772 e. The zero-order valence-electron chi connectivity index (χ0n) is 12.2. The van der Waals surface area contributed by atoms with Crippen LogP contribution in [0.4, 0.5) is 4.39 Å².